The van der Waals surface area contributed by atoms with Crippen molar-refractivity contribution in [3.63, 3.8) is 0 Å². The molecule has 0 amide bonds. The lowest BCUT2D eigenvalue weighted by Gasteiger charge is -2.08. The van der Waals surface area contributed by atoms with Crippen molar-refractivity contribution in [1.82, 2.24) is 0 Å². The predicted octanol–water partition coefficient (Wildman–Crippen LogP) is 3.61. The van der Waals surface area contributed by atoms with Gasteiger partial charge in [-0.3, -0.25) is 0 Å². The SMILES string of the molecule is O=C(O)c1cc(F)ccc1-c1cc(F)c(F)cc1F. The Kier molecular flexibility index (Phi) is 3.25. The van der Waals surface area contributed by atoms with E-state index >= 15 is 0 Å². The van der Waals surface area contributed by atoms with Crippen LogP contribution in [0.4, 0.5) is 17.6 Å². The molecule has 0 spiro atoms. The van der Waals surface area contributed by atoms with Gasteiger partial charge in [0.25, 0.3) is 0 Å². The number of hydrogen-bond donors (Lipinski definition) is 1. The Morgan fingerprint density at radius 2 is 1.47 bits per heavy atom. The molecule has 0 radical (unpaired) electrons. The van der Waals surface area contributed by atoms with Gasteiger partial charge in [0.05, 0.1) is 5.56 Å². The molecule has 0 fully saturated rings. The standard InChI is InChI=1S/C13H6F4O2/c14-6-1-2-7(9(3-6)13(18)19)8-4-11(16)12(17)5-10(8)15/h1-5H,(H,18,19). The second kappa shape index (κ2) is 4.72. The summed E-state index contributed by atoms with van der Waals surface area (Å²) < 4.78 is 52.4. The molecule has 0 atom stereocenters. The van der Waals surface area contributed by atoms with Crippen LogP contribution in [0.3, 0.4) is 0 Å². The molecule has 6 heteroatoms. The molecule has 2 aromatic carbocycles. The Balaban J connectivity index is 2.72. The Labute approximate surface area is 104 Å². The fourth-order valence-electron chi connectivity index (χ4n) is 1.66. The van der Waals surface area contributed by atoms with Crippen molar-refractivity contribution in [2.75, 3.05) is 0 Å². The molecule has 2 rings (SSSR count). The summed E-state index contributed by atoms with van der Waals surface area (Å²) in [5.74, 6) is -6.17. The number of carboxylic acid groups (broad SMARTS) is 1. The molecule has 0 unspecified atom stereocenters. The monoisotopic (exact) mass is 270 g/mol. The van der Waals surface area contributed by atoms with Crippen LogP contribution >= 0.6 is 0 Å². The first-order chi connectivity index (χ1) is 8.90. The van der Waals surface area contributed by atoms with E-state index in [4.69, 9.17) is 5.11 Å². The number of benzene rings is 2. The summed E-state index contributed by atoms with van der Waals surface area (Å²) in [6, 6.07) is 3.42. The molecular weight excluding hydrogens is 264 g/mol. The van der Waals surface area contributed by atoms with Gasteiger partial charge in [0.15, 0.2) is 11.6 Å². The average Bonchev–Trinajstić information content (AvgIpc) is 2.34. The molecule has 1 N–H and O–H groups in total. The van der Waals surface area contributed by atoms with Gasteiger partial charge in [-0.25, -0.2) is 22.4 Å². The van der Waals surface area contributed by atoms with E-state index in [0.29, 0.717) is 18.2 Å². The normalized spacial score (nSPS) is 10.5. The van der Waals surface area contributed by atoms with Crippen LogP contribution in [0.15, 0.2) is 30.3 Å². The highest BCUT2D eigenvalue weighted by atomic mass is 19.2. The van der Waals surface area contributed by atoms with Gasteiger partial charge in [-0.15, -0.1) is 0 Å². The third-order valence-electron chi connectivity index (χ3n) is 2.51. The third kappa shape index (κ3) is 2.42. The van der Waals surface area contributed by atoms with Crippen molar-refractivity contribution in [2.45, 2.75) is 0 Å². The summed E-state index contributed by atoms with van der Waals surface area (Å²) >= 11 is 0. The average molecular weight is 270 g/mol. The van der Waals surface area contributed by atoms with E-state index in [1.54, 1.807) is 0 Å². The van der Waals surface area contributed by atoms with Crippen molar-refractivity contribution < 1.29 is 27.5 Å². The lowest BCUT2D eigenvalue weighted by molar-refractivity contribution is 0.0697. The number of aromatic carboxylic acids is 1. The number of carbonyl (C=O) groups is 1. The van der Waals surface area contributed by atoms with Gasteiger partial charge in [0.1, 0.15) is 11.6 Å². The van der Waals surface area contributed by atoms with Gasteiger partial charge in [-0.05, 0) is 23.8 Å². The highest BCUT2D eigenvalue weighted by Gasteiger charge is 2.18. The van der Waals surface area contributed by atoms with E-state index in [-0.39, 0.29) is 5.56 Å². The maximum absolute atomic E-state index is 13.6. The Bertz CT molecular complexity index is 668. The van der Waals surface area contributed by atoms with Crippen molar-refractivity contribution in [2.24, 2.45) is 0 Å². The van der Waals surface area contributed by atoms with Gasteiger partial charge in [0.2, 0.25) is 0 Å². The van der Waals surface area contributed by atoms with Crippen LogP contribution in [0.25, 0.3) is 11.1 Å². The Morgan fingerprint density at radius 3 is 2.11 bits per heavy atom. The number of hydrogen-bond acceptors (Lipinski definition) is 1. The van der Waals surface area contributed by atoms with Gasteiger partial charge >= 0.3 is 5.97 Å². The van der Waals surface area contributed by atoms with E-state index in [0.717, 1.165) is 12.1 Å². The molecule has 19 heavy (non-hydrogen) atoms. The lowest BCUT2D eigenvalue weighted by Crippen LogP contribution is -2.02. The lowest BCUT2D eigenvalue weighted by atomic mass is 9.99. The zero-order chi connectivity index (χ0) is 14.2. The van der Waals surface area contributed by atoms with Gasteiger partial charge in [-0.1, -0.05) is 6.07 Å². The zero-order valence-electron chi connectivity index (χ0n) is 9.25. The molecule has 0 aromatic heterocycles. The predicted molar refractivity (Wildman–Crippen MR) is 58.7 cm³/mol. The molecule has 98 valence electrons. The van der Waals surface area contributed by atoms with E-state index in [2.05, 4.69) is 0 Å². The molecular formula is C13H6F4O2. The number of carboxylic acids is 1. The second-order valence-electron chi connectivity index (χ2n) is 3.74. The van der Waals surface area contributed by atoms with Crippen molar-refractivity contribution in [1.29, 1.82) is 0 Å². The first-order valence-electron chi connectivity index (χ1n) is 5.08. The topological polar surface area (TPSA) is 37.3 Å². The van der Waals surface area contributed by atoms with Crippen LogP contribution in [0.2, 0.25) is 0 Å². The van der Waals surface area contributed by atoms with Crippen LogP contribution in [-0.2, 0) is 0 Å². The molecule has 2 aromatic rings. The summed E-state index contributed by atoms with van der Waals surface area (Å²) in [7, 11) is 0. The maximum Gasteiger partial charge on any atom is 0.336 e. The summed E-state index contributed by atoms with van der Waals surface area (Å²) in [4.78, 5) is 11.0. The van der Waals surface area contributed by atoms with Crippen LogP contribution in [0.5, 0.6) is 0 Å². The molecule has 0 saturated carbocycles. The Hall–Kier alpha value is -2.37. The van der Waals surface area contributed by atoms with E-state index in [1.807, 2.05) is 0 Å². The maximum atomic E-state index is 13.6. The van der Waals surface area contributed by atoms with Gasteiger partial charge in [0, 0.05) is 11.6 Å². The molecule has 0 aliphatic heterocycles. The first-order valence-corrected chi connectivity index (χ1v) is 5.08. The molecule has 0 heterocycles. The minimum Gasteiger partial charge on any atom is -0.478 e. The van der Waals surface area contributed by atoms with Crippen molar-refractivity contribution in [3.05, 3.63) is 59.2 Å². The molecule has 2 nitrogen and oxygen atoms in total. The van der Waals surface area contributed by atoms with Crippen molar-refractivity contribution in [3.8, 4) is 11.1 Å². The summed E-state index contributed by atoms with van der Waals surface area (Å²) in [5, 5.41) is 8.91. The van der Waals surface area contributed by atoms with E-state index in [9.17, 15) is 22.4 Å². The minimum atomic E-state index is -1.50. The summed E-state index contributed by atoms with van der Waals surface area (Å²) in [6.07, 6.45) is 0. The van der Waals surface area contributed by atoms with E-state index < -0.39 is 40.4 Å². The second-order valence-corrected chi connectivity index (χ2v) is 3.74. The highest BCUT2D eigenvalue weighted by Crippen LogP contribution is 2.28. The fourth-order valence-corrected chi connectivity index (χ4v) is 1.66. The fraction of sp³-hybridized carbons (Fsp3) is 0. The van der Waals surface area contributed by atoms with Crippen LogP contribution in [0.1, 0.15) is 10.4 Å². The number of rotatable bonds is 2. The van der Waals surface area contributed by atoms with Crippen LogP contribution in [0, 0.1) is 23.3 Å². The highest BCUT2D eigenvalue weighted by molar-refractivity contribution is 5.96. The zero-order valence-corrected chi connectivity index (χ0v) is 9.25. The van der Waals surface area contributed by atoms with Crippen LogP contribution < -0.4 is 0 Å². The quantitative estimate of drug-likeness (QED) is 0.668. The van der Waals surface area contributed by atoms with Crippen LogP contribution in [-0.4, -0.2) is 11.1 Å². The number of halogens is 4. The summed E-state index contributed by atoms with van der Waals surface area (Å²) in [6.45, 7) is 0. The molecule has 0 aliphatic carbocycles. The van der Waals surface area contributed by atoms with Gasteiger partial charge in [-0.2, -0.15) is 0 Å². The molecule has 0 bridgehead atoms. The van der Waals surface area contributed by atoms with Gasteiger partial charge < -0.3 is 5.11 Å². The minimum absolute atomic E-state index is 0.231. The Morgan fingerprint density at radius 1 is 0.842 bits per heavy atom. The first kappa shape index (κ1) is 13.1. The van der Waals surface area contributed by atoms with Crippen molar-refractivity contribution >= 4 is 5.97 Å². The molecule has 0 aliphatic rings. The third-order valence-corrected chi connectivity index (χ3v) is 2.51. The summed E-state index contributed by atoms with van der Waals surface area (Å²) in [5.41, 5.74) is -1.22. The van der Waals surface area contributed by atoms with E-state index in [1.165, 1.54) is 0 Å². The molecule has 0 saturated heterocycles. The largest absolute Gasteiger partial charge is 0.478 e. The smallest absolute Gasteiger partial charge is 0.336 e.